The zero-order chi connectivity index (χ0) is 18.0. The first-order valence-electron chi connectivity index (χ1n) is 8.33. The van der Waals surface area contributed by atoms with Crippen LogP contribution in [-0.4, -0.2) is 37.2 Å². The quantitative estimate of drug-likeness (QED) is 0.831. The molecule has 6 heteroatoms. The van der Waals surface area contributed by atoms with E-state index in [0.29, 0.717) is 42.6 Å². The number of nitrogens with zero attached hydrogens (tertiary/aromatic N) is 1. The molecule has 0 bridgehead atoms. The lowest BCUT2D eigenvalue weighted by molar-refractivity contribution is 0.0673. The van der Waals surface area contributed by atoms with Gasteiger partial charge in [-0.15, -0.1) is 0 Å². The van der Waals surface area contributed by atoms with Crippen molar-refractivity contribution in [3.05, 3.63) is 41.3 Å². The predicted molar refractivity (Wildman–Crippen MR) is 92.4 cm³/mol. The van der Waals surface area contributed by atoms with Crippen molar-refractivity contribution in [2.45, 2.75) is 33.4 Å². The Morgan fingerprint density at radius 2 is 2.00 bits per heavy atom. The zero-order valence-electron chi connectivity index (χ0n) is 15.0. The molecule has 1 aromatic heterocycles. The molecule has 0 saturated carbocycles. The van der Waals surface area contributed by atoms with Gasteiger partial charge in [0, 0.05) is 11.6 Å². The maximum atomic E-state index is 13.1. The van der Waals surface area contributed by atoms with Gasteiger partial charge in [0.1, 0.15) is 24.7 Å². The lowest BCUT2D eigenvalue weighted by Crippen LogP contribution is -2.36. The van der Waals surface area contributed by atoms with Gasteiger partial charge < -0.3 is 23.5 Å². The van der Waals surface area contributed by atoms with Gasteiger partial charge in [-0.05, 0) is 45.0 Å². The second-order valence-corrected chi connectivity index (χ2v) is 6.24. The number of carbonyl (C=O) groups excluding carboxylic acids is 1. The maximum Gasteiger partial charge on any atom is 0.254 e. The molecule has 0 atom stereocenters. The van der Waals surface area contributed by atoms with Gasteiger partial charge in [0.05, 0.1) is 13.7 Å². The Balaban J connectivity index is 1.91. The summed E-state index contributed by atoms with van der Waals surface area (Å²) < 4.78 is 22.2. The molecule has 0 N–H and O–H groups in total. The van der Waals surface area contributed by atoms with Crippen LogP contribution in [0.4, 0.5) is 0 Å². The molecule has 1 aliphatic rings. The second-order valence-electron chi connectivity index (χ2n) is 6.24. The number of ether oxygens (including phenoxy) is 3. The van der Waals surface area contributed by atoms with E-state index in [2.05, 4.69) is 0 Å². The lowest BCUT2D eigenvalue weighted by atomic mass is 10.1. The number of hydrogen-bond acceptors (Lipinski definition) is 5. The van der Waals surface area contributed by atoms with Gasteiger partial charge in [0.2, 0.25) is 5.75 Å². The van der Waals surface area contributed by atoms with Crippen molar-refractivity contribution >= 4 is 5.91 Å². The highest BCUT2D eigenvalue weighted by Gasteiger charge is 2.25. The molecule has 3 rings (SSSR count). The van der Waals surface area contributed by atoms with Crippen LogP contribution < -0.4 is 14.2 Å². The number of fused-ring (bicyclic) bond motifs is 1. The van der Waals surface area contributed by atoms with Crippen molar-refractivity contribution in [3.63, 3.8) is 0 Å². The molecule has 25 heavy (non-hydrogen) atoms. The third-order valence-electron chi connectivity index (χ3n) is 4.08. The van der Waals surface area contributed by atoms with Gasteiger partial charge in [-0.25, -0.2) is 0 Å². The summed E-state index contributed by atoms with van der Waals surface area (Å²) in [5.74, 6) is 3.04. The van der Waals surface area contributed by atoms with Crippen LogP contribution in [0, 0.1) is 6.92 Å². The van der Waals surface area contributed by atoms with E-state index >= 15 is 0 Å². The maximum absolute atomic E-state index is 13.1. The van der Waals surface area contributed by atoms with Gasteiger partial charge in [-0.1, -0.05) is 0 Å². The standard InChI is InChI=1S/C19H23NO5/c1-12(2)20(11-15-6-5-13(3)25-15)19(21)14-9-16(22-4)18-17(10-14)23-7-8-24-18/h5-6,9-10,12H,7-8,11H2,1-4H3. The monoisotopic (exact) mass is 345 g/mol. The summed E-state index contributed by atoms with van der Waals surface area (Å²) in [7, 11) is 1.55. The smallest absolute Gasteiger partial charge is 0.254 e. The topological polar surface area (TPSA) is 61.1 Å². The number of hydrogen-bond donors (Lipinski definition) is 0. The Morgan fingerprint density at radius 3 is 2.64 bits per heavy atom. The fourth-order valence-corrected chi connectivity index (χ4v) is 2.79. The minimum absolute atomic E-state index is 0.0112. The van der Waals surface area contributed by atoms with E-state index < -0.39 is 0 Å². The van der Waals surface area contributed by atoms with Crippen molar-refractivity contribution in [3.8, 4) is 17.2 Å². The van der Waals surface area contributed by atoms with Crippen molar-refractivity contribution in [1.82, 2.24) is 4.90 Å². The highest BCUT2D eigenvalue weighted by atomic mass is 16.6. The van der Waals surface area contributed by atoms with Crippen molar-refractivity contribution in [2.24, 2.45) is 0 Å². The zero-order valence-corrected chi connectivity index (χ0v) is 15.0. The normalized spacial score (nSPS) is 13.0. The molecular weight excluding hydrogens is 322 g/mol. The number of aryl methyl sites for hydroxylation is 1. The number of methoxy groups -OCH3 is 1. The molecule has 0 fully saturated rings. The molecular formula is C19H23NO5. The lowest BCUT2D eigenvalue weighted by Gasteiger charge is -2.27. The first-order chi connectivity index (χ1) is 12.0. The van der Waals surface area contributed by atoms with Crippen LogP contribution >= 0.6 is 0 Å². The average Bonchev–Trinajstić information content (AvgIpc) is 3.02. The van der Waals surface area contributed by atoms with Crippen molar-refractivity contribution in [1.29, 1.82) is 0 Å². The van der Waals surface area contributed by atoms with Gasteiger partial charge >= 0.3 is 0 Å². The van der Waals surface area contributed by atoms with Gasteiger partial charge in [0.15, 0.2) is 11.5 Å². The van der Waals surface area contributed by atoms with E-state index in [4.69, 9.17) is 18.6 Å². The van der Waals surface area contributed by atoms with Crippen LogP contribution in [0.2, 0.25) is 0 Å². The summed E-state index contributed by atoms with van der Waals surface area (Å²) in [6.07, 6.45) is 0. The summed E-state index contributed by atoms with van der Waals surface area (Å²) in [6, 6.07) is 7.20. The van der Waals surface area contributed by atoms with Crippen LogP contribution in [0.3, 0.4) is 0 Å². The molecule has 1 amide bonds. The average molecular weight is 345 g/mol. The van der Waals surface area contributed by atoms with E-state index in [1.807, 2.05) is 32.9 Å². The van der Waals surface area contributed by atoms with Crippen LogP contribution in [0.5, 0.6) is 17.2 Å². The minimum atomic E-state index is -0.112. The molecule has 2 aromatic rings. The second kappa shape index (κ2) is 7.09. The molecule has 2 heterocycles. The van der Waals surface area contributed by atoms with E-state index in [1.165, 1.54) is 0 Å². The summed E-state index contributed by atoms with van der Waals surface area (Å²) in [6.45, 7) is 7.16. The molecule has 0 saturated heterocycles. The van der Waals surface area contributed by atoms with Crippen LogP contribution in [0.15, 0.2) is 28.7 Å². The SMILES string of the molecule is COc1cc(C(=O)N(Cc2ccc(C)o2)C(C)C)cc2c1OCCO2. The summed E-state index contributed by atoms with van der Waals surface area (Å²) in [5.41, 5.74) is 0.498. The Morgan fingerprint density at radius 1 is 1.24 bits per heavy atom. The van der Waals surface area contributed by atoms with E-state index in [-0.39, 0.29) is 11.9 Å². The third kappa shape index (κ3) is 3.57. The molecule has 134 valence electrons. The number of rotatable bonds is 5. The number of amides is 1. The molecule has 0 unspecified atom stereocenters. The third-order valence-corrected chi connectivity index (χ3v) is 4.08. The number of carbonyl (C=O) groups is 1. The van der Waals surface area contributed by atoms with Gasteiger partial charge in [0.25, 0.3) is 5.91 Å². The molecule has 0 radical (unpaired) electrons. The molecule has 1 aromatic carbocycles. The van der Waals surface area contributed by atoms with E-state index in [0.717, 1.165) is 11.5 Å². The van der Waals surface area contributed by atoms with Crippen LogP contribution in [0.25, 0.3) is 0 Å². The highest BCUT2D eigenvalue weighted by molar-refractivity contribution is 5.95. The first kappa shape index (κ1) is 17.2. The number of benzene rings is 1. The van der Waals surface area contributed by atoms with Gasteiger partial charge in [-0.2, -0.15) is 0 Å². The molecule has 6 nitrogen and oxygen atoms in total. The Labute approximate surface area is 147 Å². The van der Waals surface area contributed by atoms with Gasteiger partial charge in [-0.3, -0.25) is 4.79 Å². The first-order valence-corrected chi connectivity index (χ1v) is 8.33. The molecule has 0 spiro atoms. The number of furan rings is 1. The van der Waals surface area contributed by atoms with Crippen LogP contribution in [-0.2, 0) is 6.54 Å². The molecule has 0 aliphatic carbocycles. The fraction of sp³-hybridized carbons (Fsp3) is 0.421. The minimum Gasteiger partial charge on any atom is -0.493 e. The summed E-state index contributed by atoms with van der Waals surface area (Å²) in [5, 5.41) is 0. The predicted octanol–water partition coefficient (Wildman–Crippen LogP) is 3.42. The van der Waals surface area contributed by atoms with Crippen molar-refractivity contribution < 1.29 is 23.4 Å². The summed E-state index contributed by atoms with van der Waals surface area (Å²) >= 11 is 0. The van der Waals surface area contributed by atoms with Crippen molar-refractivity contribution in [2.75, 3.05) is 20.3 Å². The highest BCUT2D eigenvalue weighted by Crippen LogP contribution is 2.40. The fourth-order valence-electron chi connectivity index (χ4n) is 2.79. The molecule has 1 aliphatic heterocycles. The Hall–Kier alpha value is -2.63. The summed E-state index contributed by atoms with van der Waals surface area (Å²) in [4.78, 5) is 14.8. The Bertz CT molecular complexity index is 748. The van der Waals surface area contributed by atoms with E-state index in [1.54, 1.807) is 24.1 Å². The van der Waals surface area contributed by atoms with Crippen LogP contribution in [0.1, 0.15) is 35.7 Å². The van der Waals surface area contributed by atoms with E-state index in [9.17, 15) is 4.79 Å². The Kier molecular flexibility index (Phi) is 4.88. The largest absolute Gasteiger partial charge is 0.493 e.